The van der Waals surface area contributed by atoms with Crippen LogP contribution in [0.5, 0.6) is 0 Å². The third-order valence-corrected chi connectivity index (χ3v) is 4.51. The second-order valence-electron chi connectivity index (χ2n) is 5.20. The average molecular weight is 458 g/mol. The van der Waals surface area contributed by atoms with Gasteiger partial charge < -0.3 is 15.5 Å². The van der Waals surface area contributed by atoms with E-state index in [9.17, 15) is 0 Å². The van der Waals surface area contributed by atoms with Crippen molar-refractivity contribution >= 4 is 47.0 Å². The smallest absolute Gasteiger partial charge is 0.191 e. The molecule has 0 bridgehead atoms. The van der Waals surface area contributed by atoms with Gasteiger partial charge >= 0.3 is 0 Å². The van der Waals surface area contributed by atoms with Gasteiger partial charge in [-0.2, -0.15) is 0 Å². The van der Waals surface area contributed by atoms with Crippen molar-refractivity contribution in [2.75, 3.05) is 31.6 Å². The summed E-state index contributed by atoms with van der Waals surface area (Å²) in [4.78, 5) is 7.97. The lowest BCUT2D eigenvalue weighted by molar-refractivity contribution is 0.709. The summed E-state index contributed by atoms with van der Waals surface area (Å²) in [5.74, 6) is 0.862. The largest absolute Gasteiger partial charge is 0.372 e. The number of hydrogen-bond acceptors (Lipinski definition) is 3. The Bertz CT molecular complexity index is 572. The standard InChI is InChI=1S/C18H26N4S.HI/c1-3-22(16-9-5-4-6-10-16)13-8-12-20-18(19-2)21-15-17-11-7-14-23-17;/h4-7,9-11,14H,3,8,12-13,15H2,1-2H3,(H2,19,20,21);1H. The molecule has 0 atom stereocenters. The fraction of sp³-hybridized carbons (Fsp3) is 0.389. The molecular weight excluding hydrogens is 431 g/mol. The van der Waals surface area contributed by atoms with Gasteiger partial charge in [-0.1, -0.05) is 24.3 Å². The molecule has 0 aliphatic carbocycles. The van der Waals surface area contributed by atoms with Crippen molar-refractivity contribution in [3.8, 4) is 0 Å². The highest BCUT2D eigenvalue weighted by atomic mass is 127. The van der Waals surface area contributed by atoms with Crippen molar-refractivity contribution < 1.29 is 0 Å². The molecule has 0 radical (unpaired) electrons. The van der Waals surface area contributed by atoms with Crippen LogP contribution >= 0.6 is 35.3 Å². The Kier molecular flexibility index (Phi) is 10.5. The van der Waals surface area contributed by atoms with Crippen LogP contribution in [0.1, 0.15) is 18.2 Å². The maximum atomic E-state index is 4.27. The van der Waals surface area contributed by atoms with Crippen LogP contribution in [0.15, 0.2) is 52.8 Å². The predicted molar refractivity (Wildman–Crippen MR) is 117 cm³/mol. The van der Waals surface area contributed by atoms with Gasteiger partial charge in [-0.25, -0.2) is 0 Å². The molecule has 2 N–H and O–H groups in total. The van der Waals surface area contributed by atoms with Crippen LogP contribution in [0.2, 0.25) is 0 Å². The van der Waals surface area contributed by atoms with Crippen LogP contribution in [0.25, 0.3) is 0 Å². The van der Waals surface area contributed by atoms with Gasteiger partial charge in [0.25, 0.3) is 0 Å². The number of para-hydroxylation sites is 1. The summed E-state index contributed by atoms with van der Waals surface area (Å²) in [5, 5.41) is 8.81. The van der Waals surface area contributed by atoms with E-state index in [0.717, 1.165) is 38.6 Å². The van der Waals surface area contributed by atoms with E-state index in [4.69, 9.17) is 0 Å². The van der Waals surface area contributed by atoms with Crippen LogP contribution in [-0.4, -0.2) is 32.6 Å². The summed E-state index contributed by atoms with van der Waals surface area (Å²) >= 11 is 1.76. The first-order valence-corrected chi connectivity index (χ1v) is 8.98. The average Bonchev–Trinajstić information content (AvgIpc) is 3.12. The molecule has 6 heteroatoms. The van der Waals surface area contributed by atoms with E-state index in [-0.39, 0.29) is 24.0 Å². The zero-order valence-electron chi connectivity index (χ0n) is 14.4. The number of nitrogens with zero attached hydrogens (tertiary/aromatic N) is 2. The number of aliphatic imine (C=N–C) groups is 1. The number of rotatable bonds is 8. The summed E-state index contributed by atoms with van der Waals surface area (Å²) in [5.41, 5.74) is 1.29. The summed E-state index contributed by atoms with van der Waals surface area (Å²) < 4.78 is 0. The molecule has 1 heterocycles. The zero-order valence-corrected chi connectivity index (χ0v) is 17.5. The van der Waals surface area contributed by atoms with E-state index in [1.165, 1.54) is 10.6 Å². The molecule has 0 aliphatic rings. The molecule has 0 saturated carbocycles. The quantitative estimate of drug-likeness (QED) is 0.273. The van der Waals surface area contributed by atoms with Crippen LogP contribution in [0, 0.1) is 0 Å². The van der Waals surface area contributed by atoms with Gasteiger partial charge in [-0.15, -0.1) is 35.3 Å². The highest BCUT2D eigenvalue weighted by molar-refractivity contribution is 14.0. The van der Waals surface area contributed by atoms with Gasteiger partial charge in [0.15, 0.2) is 5.96 Å². The minimum absolute atomic E-state index is 0. The Hall–Kier alpha value is -1.28. The van der Waals surface area contributed by atoms with Gasteiger partial charge in [0.2, 0.25) is 0 Å². The van der Waals surface area contributed by atoms with E-state index >= 15 is 0 Å². The number of thiophene rings is 1. The van der Waals surface area contributed by atoms with Crippen LogP contribution in [0.4, 0.5) is 5.69 Å². The molecule has 2 rings (SSSR count). The number of benzene rings is 1. The predicted octanol–water partition coefficient (Wildman–Crippen LogP) is 3.95. The van der Waals surface area contributed by atoms with E-state index < -0.39 is 0 Å². The van der Waals surface area contributed by atoms with Gasteiger partial charge in [0.1, 0.15) is 0 Å². The summed E-state index contributed by atoms with van der Waals surface area (Å²) in [6.45, 7) is 5.99. The van der Waals surface area contributed by atoms with Crippen molar-refractivity contribution in [1.29, 1.82) is 0 Å². The van der Waals surface area contributed by atoms with Crippen LogP contribution in [0.3, 0.4) is 0 Å². The molecule has 0 amide bonds. The molecule has 0 unspecified atom stereocenters. The maximum Gasteiger partial charge on any atom is 0.191 e. The second kappa shape index (κ2) is 12.1. The second-order valence-corrected chi connectivity index (χ2v) is 6.23. The first-order chi connectivity index (χ1) is 11.3. The summed E-state index contributed by atoms with van der Waals surface area (Å²) in [6, 6.07) is 14.8. The Morgan fingerprint density at radius 2 is 1.92 bits per heavy atom. The minimum atomic E-state index is 0. The fourth-order valence-electron chi connectivity index (χ4n) is 2.39. The molecule has 4 nitrogen and oxygen atoms in total. The van der Waals surface area contributed by atoms with E-state index in [1.807, 2.05) is 7.05 Å². The molecule has 1 aromatic heterocycles. The zero-order chi connectivity index (χ0) is 16.3. The van der Waals surface area contributed by atoms with Crippen molar-refractivity contribution in [1.82, 2.24) is 10.6 Å². The molecule has 132 valence electrons. The molecule has 0 spiro atoms. The van der Waals surface area contributed by atoms with Gasteiger partial charge in [-0.3, -0.25) is 4.99 Å². The maximum absolute atomic E-state index is 4.27. The summed E-state index contributed by atoms with van der Waals surface area (Å²) in [7, 11) is 1.81. The lowest BCUT2D eigenvalue weighted by Gasteiger charge is -2.23. The van der Waals surface area contributed by atoms with E-state index in [2.05, 4.69) is 75.3 Å². The first-order valence-electron chi connectivity index (χ1n) is 8.10. The molecule has 1 aromatic carbocycles. The molecular formula is C18H27IN4S. The SMILES string of the molecule is CCN(CCCNC(=NC)NCc1cccs1)c1ccccc1.I. The monoisotopic (exact) mass is 458 g/mol. The lowest BCUT2D eigenvalue weighted by Crippen LogP contribution is -2.38. The van der Waals surface area contributed by atoms with Crippen molar-refractivity contribution in [2.45, 2.75) is 19.9 Å². The first kappa shape index (κ1) is 20.8. The molecule has 0 aliphatic heterocycles. The van der Waals surface area contributed by atoms with Crippen molar-refractivity contribution in [3.05, 3.63) is 52.7 Å². The normalized spacial score (nSPS) is 10.8. The van der Waals surface area contributed by atoms with Gasteiger partial charge in [0, 0.05) is 37.2 Å². The van der Waals surface area contributed by atoms with Crippen molar-refractivity contribution in [3.63, 3.8) is 0 Å². The van der Waals surface area contributed by atoms with Gasteiger partial charge in [0.05, 0.1) is 6.54 Å². The van der Waals surface area contributed by atoms with E-state index in [0.29, 0.717) is 0 Å². The molecule has 0 saturated heterocycles. The fourth-order valence-corrected chi connectivity index (χ4v) is 3.03. The van der Waals surface area contributed by atoms with Crippen molar-refractivity contribution in [2.24, 2.45) is 4.99 Å². The Morgan fingerprint density at radius 3 is 2.54 bits per heavy atom. The Morgan fingerprint density at radius 1 is 1.12 bits per heavy atom. The highest BCUT2D eigenvalue weighted by Gasteiger charge is 2.03. The van der Waals surface area contributed by atoms with Crippen LogP contribution in [-0.2, 0) is 6.54 Å². The number of hydrogen-bond donors (Lipinski definition) is 2. The molecule has 0 fully saturated rings. The minimum Gasteiger partial charge on any atom is -0.372 e. The lowest BCUT2D eigenvalue weighted by atomic mass is 10.2. The van der Waals surface area contributed by atoms with Gasteiger partial charge in [-0.05, 0) is 36.9 Å². The number of nitrogens with one attached hydrogen (secondary N) is 2. The topological polar surface area (TPSA) is 39.7 Å². The number of guanidine groups is 1. The Balaban J connectivity index is 0.00000288. The molecule has 2 aromatic rings. The summed E-state index contributed by atoms with van der Waals surface area (Å²) in [6.07, 6.45) is 1.07. The third-order valence-electron chi connectivity index (χ3n) is 3.63. The van der Waals surface area contributed by atoms with E-state index in [1.54, 1.807) is 11.3 Å². The highest BCUT2D eigenvalue weighted by Crippen LogP contribution is 2.12. The van der Waals surface area contributed by atoms with Crippen LogP contribution < -0.4 is 15.5 Å². The molecule has 24 heavy (non-hydrogen) atoms. The number of halogens is 1. The Labute approximate surface area is 166 Å². The number of anilines is 1. The third kappa shape index (κ3) is 7.09.